The Morgan fingerprint density at radius 2 is 2.17 bits per heavy atom. The molecule has 0 aliphatic carbocycles. The molecule has 0 fully saturated rings. The number of nitrogens with zero attached hydrogens (tertiary/aromatic N) is 3. The van der Waals surface area contributed by atoms with E-state index >= 15 is 0 Å². The lowest BCUT2D eigenvalue weighted by Gasteiger charge is -2.00. The van der Waals surface area contributed by atoms with Crippen LogP contribution in [0.1, 0.15) is 20.8 Å². The van der Waals surface area contributed by atoms with Crippen LogP contribution in [0.25, 0.3) is 10.2 Å². The number of aryl methyl sites for hydroxylation is 1. The van der Waals surface area contributed by atoms with Gasteiger partial charge in [0.15, 0.2) is 0 Å². The van der Waals surface area contributed by atoms with Gasteiger partial charge in [0.2, 0.25) is 0 Å². The summed E-state index contributed by atoms with van der Waals surface area (Å²) in [5, 5.41) is 14.2. The minimum Gasteiger partial charge on any atom is -0.507 e. The first-order valence-corrected chi connectivity index (χ1v) is 7.50. The summed E-state index contributed by atoms with van der Waals surface area (Å²) >= 11 is 1.23. The van der Waals surface area contributed by atoms with E-state index in [2.05, 4.69) is 20.5 Å². The average molecular weight is 327 g/mol. The van der Waals surface area contributed by atoms with Crippen molar-refractivity contribution in [3.05, 3.63) is 46.6 Å². The van der Waals surface area contributed by atoms with Gasteiger partial charge in [-0.15, -0.1) is 11.3 Å². The Kier molecular flexibility index (Phi) is 3.90. The highest BCUT2D eigenvalue weighted by atomic mass is 32.1. The molecule has 0 unspecified atom stereocenters. The smallest absolute Gasteiger partial charge is 0.281 e. The topological polar surface area (TPSA) is 113 Å². The van der Waals surface area contributed by atoms with E-state index in [9.17, 15) is 9.90 Å². The van der Waals surface area contributed by atoms with Crippen LogP contribution in [0.15, 0.2) is 35.7 Å². The van der Waals surface area contributed by atoms with E-state index in [0.717, 1.165) is 5.56 Å². The number of hydrogen-bond acceptors (Lipinski definition) is 7. The number of carbonyl (C=O) groups is 1. The van der Waals surface area contributed by atoms with Crippen molar-refractivity contribution in [2.45, 2.75) is 6.92 Å². The number of para-hydroxylation sites is 1. The number of carbonyl (C=O) groups excluding carboxylic acids is 1. The number of hydrogen-bond donors (Lipinski definition) is 3. The Labute approximate surface area is 135 Å². The minimum atomic E-state index is -0.364. The molecular weight excluding hydrogens is 314 g/mol. The molecule has 3 rings (SSSR count). The Balaban J connectivity index is 1.83. The number of fused-ring (bicyclic) bond motifs is 1. The number of benzene rings is 1. The number of nitrogens with one attached hydrogen (secondary N) is 1. The SMILES string of the molecule is Cc1c(C(=O)N/N=C/c2ccccc2O)sc2ncnc(N)c12. The minimum absolute atomic E-state index is 0.0894. The van der Waals surface area contributed by atoms with Crippen LogP contribution in [0.3, 0.4) is 0 Å². The van der Waals surface area contributed by atoms with Crippen molar-refractivity contribution < 1.29 is 9.90 Å². The van der Waals surface area contributed by atoms with Crippen LogP contribution in [-0.4, -0.2) is 27.2 Å². The fourth-order valence-corrected chi connectivity index (χ4v) is 3.17. The molecule has 8 heteroatoms. The molecule has 0 saturated heterocycles. The molecule has 3 aromatic rings. The van der Waals surface area contributed by atoms with Crippen LogP contribution in [0.4, 0.5) is 5.82 Å². The second-order valence-corrected chi connectivity index (χ2v) is 5.75. The van der Waals surface area contributed by atoms with Crippen LogP contribution in [0, 0.1) is 6.92 Å². The Hall–Kier alpha value is -3.00. The fraction of sp³-hybridized carbons (Fsp3) is 0.0667. The van der Waals surface area contributed by atoms with E-state index < -0.39 is 0 Å². The van der Waals surface area contributed by atoms with Crippen molar-refractivity contribution in [3.63, 3.8) is 0 Å². The summed E-state index contributed by atoms with van der Waals surface area (Å²) in [5.41, 5.74) is 9.50. The highest BCUT2D eigenvalue weighted by molar-refractivity contribution is 7.20. The van der Waals surface area contributed by atoms with Crippen molar-refractivity contribution in [3.8, 4) is 5.75 Å². The molecule has 0 saturated carbocycles. The molecular formula is C15H13N5O2S. The molecule has 7 nitrogen and oxygen atoms in total. The zero-order valence-corrected chi connectivity index (χ0v) is 13.0. The number of anilines is 1. The Morgan fingerprint density at radius 3 is 2.91 bits per heavy atom. The second-order valence-electron chi connectivity index (χ2n) is 4.75. The molecule has 2 aromatic heterocycles. The first-order valence-electron chi connectivity index (χ1n) is 6.69. The zero-order valence-electron chi connectivity index (χ0n) is 12.1. The van der Waals surface area contributed by atoms with Crippen molar-refractivity contribution in [1.29, 1.82) is 0 Å². The summed E-state index contributed by atoms with van der Waals surface area (Å²) in [6, 6.07) is 6.70. The van der Waals surface area contributed by atoms with Crippen LogP contribution >= 0.6 is 11.3 Å². The van der Waals surface area contributed by atoms with Crippen molar-refractivity contribution >= 4 is 39.5 Å². The molecule has 0 radical (unpaired) electrons. The second kappa shape index (κ2) is 6.01. The monoisotopic (exact) mass is 327 g/mol. The summed E-state index contributed by atoms with van der Waals surface area (Å²) in [7, 11) is 0. The van der Waals surface area contributed by atoms with Crippen LogP contribution in [0.2, 0.25) is 0 Å². The number of aromatic hydroxyl groups is 1. The van der Waals surface area contributed by atoms with E-state index in [4.69, 9.17) is 5.73 Å². The van der Waals surface area contributed by atoms with Crippen molar-refractivity contribution in [2.24, 2.45) is 5.10 Å². The highest BCUT2D eigenvalue weighted by Gasteiger charge is 2.17. The van der Waals surface area contributed by atoms with Crippen LogP contribution in [-0.2, 0) is 0 Å². The van der Waals surface area contributed by atoms with E-state index in [0.29, 0.717) is 26.5 Å². The van der Waals surface area contributed by atoms with Gasteiger partial charge in [-0.25, -0.2) is 15.4 Å². The van der Waals surface area contributed by atoms with Crippen LogP contribution in [0.5, 0.6) is 5.75 Å². The molecule has 2 heterocycles. The van der Waals surface area contributed by atoms with Gasteiger partial charge in [-0.1, -0.05) is 12.1 Å². The maximum absolute atomic E-state index is 12.3. The maximum atomic E-state index is 12.3. The number of nitrogen functional groups attached to an aromatic ring is 1. The molecule has 0 aliphatic heterocycles. The van der Waals surface area contributed by atoms with Crippen molar-refractivity contribution in [1.82, 2.24) is 15.4 Å². The van der Waals surface area contributed by atoms with Gasteiger partial charge in [-0.3, -0.25) is 4.79 Å². The third-order valence-electron chi connectivity index (χ3n) is 3.27. The van der Waals surface area contributed by atoms with E-state index in [1.165, 1.54) is 23.9 Å². The predicted octanol–water partition coefficient (Wildman–Crippen LogP) is 2.05. The third kappa shape index (κ3) is 2.84. The third-order valence-corrected chi connectivity index (χ3v) is 4.47. The first kappa shape index (κ1) is 14.9. The van der Waals surface area contributed by atoms with Gasteiger partial charge in [0.1, 0.15) is 22.7 Å². The lowest BCUT2D eigenvalue weighted by atomic mass is 10.2. The van der Waals surface area contributed by atoms with Crippen molar-refractivity contribution in [2.75, 3.05) is 5.73 Å². The van der Waals surface area contributed by atoms with Gasteiger partial charge in [-0.2, -0.15) is 5.10 Å². The number of aromatic nitrogens is 2. The van der Waals surface area contributed by atoms with Gasteiger partial charge in [0, 0.05) is 5.56 Å². The lowest BCUT2D eigenvalue weighted by molar-refractivity contribution is 0.0958. The first-order chi connectivity index (χ1) is 11.1. The highest BCUT2D eigenvalue weighted by Crippen LogP contribution is 2.31. The summed E-state index contributed by atoms with van der Waals surface area (Å²) in [6.45, 7) is 1.79. The average Bonchev–Trinajstić information content (AvgIpc) is 2.87. The lowest BCUT2D eigenvalue weighted by Crippen LogP contribution is -2.17. The molecule has 116 valence electrons. The molecule has 0 bridgehead atoms. The van der Waals surface area contributed by atoms with Gasteiger partial charge in [0.05, 0.1) is 16.5 Å². The van der Waals surface area contributed by atoms with E-state index in [1.807, 2.05) is 0 Å². The van der Waals surface area contributed by atoms with E-state index in [1.54, 1.807) is 31.2 Å². The quantitative estimate of drug-likeness (QED) is 0.503. The molecule has 23 heavy (non-hydrogen) atoms. The van der Waals surface area contributed by atoms with Gasteiger partial charge in [-0.05, 0) is 24.6 Å². The number of rotatable bonds is 3. The van der Waals surface area contributed by atoms with Gasteiger partial charge >= 0.3 is 0 Å². The number of nitrogens with two attached hydrogens (primary N) is 1. The zero-order chi connectivity index (χ0) is 16.4. The summed E-state index contributed by atoms with van der Waals surface area (Å²) in [6.07, 6.45) is 2.75. The normalized spacial score (nSPS) is 11.2. The fourth-order valence-electron chi connectivity index (χ4n) is 2.12. The molecule has 0 spiro atoms. The molecule has 1 aromatic carbocycles. The standard InChI is InChI=1S/C15H13N5O2S/c1-8-11-13(16)17-7-18-15(11)23-12(8)14(22)20-19-6-9-4-2-3-5-10(9)21/h2-7,21H,1H3,(H,20,22)(H2,16,17,18)/b19-6+. The predicted molar refractivity (Wildman–Crippen MR) is 89.7 cm³/mol. The summed E-state index contributed by atoms with van der Waals surface area (Å²) in [5.74, 6) is 0.0728. The number of hydrazone groups is 1. The summed E-state index contributed by atoms with van der Waals surface area (Å²) in [4.78, 5) is 21.4. The number of amides is 1. The summed E-state index contributed by atoms with van der Waals surface area (Å²) < 4.78 is 0. The molecule has 4 N–H and O–H groups in total. The maximum Gasteiger partial charge on any atom is 0.281 e. The largest absolute Gasteiger partial charge is 0.507 e. The molecule has 0 atom stereocenters. The Bertz CT molecular complexity index is 919. The molecule has 0 aliphatic rings. The number of phenols is 1. The van der Waals surface area contributed by atoms with Gasteiger partial charge < -0.3 is 10.8 Å². The number of phenolic OH excluding ortho intramolecular Hbond substituents is 1. The van der Waals surface area contributed by atoms with Gasteiger partial charge in [0.25, 0.3) is 5.91 Å². The Morgan fingerprint density at radius 1 is 1.39 bits per heavy atom. The number of thiophene rings is 1. The van der Waals surface area contributed by atoms with Crippen LogP contribution < -0.4 is 11.2 Å². The molecule has 1 amide bonds. The van der Waals surface area contributed by atoms with E-state index in [-0.39, 0.29) is 11.7 Å².